The second-order valence-electron chi connectivity index (χ2n) is 10.2. The minimum Gasteiger partial charge on any atom is -0.490 e. The highest BCUT2D eigenvalue weighted by molar-refractivity contribution is 9.10. The number of aryl methyl sites for hydroxylation is 1. The van der Waals surface area contributed by atoms with E-state index in [0.717, 1.165) is 10.0 Å². The number of benzene rings is 3. The van der Waals surface area contributed by atoms with Crippen LogP contribution in [-0.2, 0) is 10.2 Å². The average Bonchev–Trinajstić information content (AvgIpc) is 2.89. The molecule has 0 fully saturated rings. The Labute approximate surface area is 249 Å². The lowest BCUT2D eigenvalue weighted by Crippen LogP contribution is -2.29. The van der Waals surface area contributed by atoms with Gasteiger partial charge in [-0.25, -0.2) is 4.98 Å². The van der Waals surface area contributed by atoms with Gasteiger partial charge < -0.3 is 14.8 Å². The van der Waals surface area contributed by atoms with Crippen LogP contribution in [0.25, 0.3) is 10.9 Å². The summed E-state index contributed by atoms with van der Waals surface area (Å²) in [6.07, 6.45) is 1.57. The van der Waals surface area contributed by atoms with Crippen LogP contribution in [0.1, 0.15) is 44.6 Å². The predicted octanol–water partition coefficient (Wildman–Crippen LogP) is 6.83. The fourth-order valence-electron chi connectivity index (χ4n) is 3.87. The zero-order valence-corrected chi connectivity index (χ0v) is 26.1. The number of ether oxygens (including phenoxy) is 2. The first-order chi connectivity index (χ1) is 19.0. The number of carbonyl (C=O) groups is 1. The molecule has 0 spiro atoms. The molecule has 3 aromatic carbocycles. The maximum Gasteiger partial charge on any atom is 0.282 e. The molecule has 0 aliphatic heterocycles. The van der Waals surface area contributed by atoms with Crippen molar-refractivity contribution < 1.29 is 14.3 Å². The van der Waals surface area contributed by atoms with Gasteiger partial charge in [0.1, 0.15) is 5.82 Å². The Kier molecular flexibility index (Phi) is 9.10. The number of carbonyl (C=O) groups excluding carboxylic acids is 1. The summed E-state index contributed by atoms with van der Waals surface area (Å²) in [5.41, 5.74) is 2.35. The summed E-state index contributed by atoms with van der Waals surface area (Å²) in [5.74, 6) is 1.08. The number of aromatic nitrogens is 2. The number of halogens is 2. The van der Waals surface area contributed by atoms with Crippen LogP contribution in [0.15, 0.2) is 73.4 Å². The van der Waals surface area contributed by atoms with Crippen molar-refractivity contribution in [2.75, 3.05) is 18.5 Å². The normalized spacial score (nSPS) is 11.7. The highest BCUT2D eigenvalue weighted by Crippen LogP contribution is 2.33. The van der Waals surface area contributed by atoms with Gasteiger partial charge in [0.2, 0.25) is 0 Å². The Morgan fingerprint density at radius 2 is 1.75 bits per heavy atom. The monoisotopic (exact) mass is 668 g/mol. The summed E-state index contributed by atoms with van der Waals surface area (Å²) in [6, 6.07) is 16.4. The van der Waals surface area contributed by atoms with E-state index in [9.17, 15) is 9.59 Å². The van der Waals surface area contributed by atoms with Crippen molar-refractivity contribution in [2.24, 2.45) is 5.10 Å². The number of rotatable bonds is 8. The first-order valence-corrected chi connectivity index (χ1v) is 14.3. The zero-order valence-electron chi connectivity index (χ0n) is 22.9. The van der Waals surface area contributed by atoms with Crippen molar-refractivity contribution in [1.29, 1.82) is 0 Å². The van der Waals surface area contributed by atoms with Crippen molar-refractivity contribution in [3.05, 3.63) is 90.8 Å². The molecular formula is C30H30Br2N4O4. The van der Waals surface area contributed by atoms with E-state index in [2.05, 4.69) is 42.3 Å². The first-order valence-electron chi connectivity index (χ1n) is 12.7. The molecule has 8 nitrogen and oxygen atoms in total. The smallest absolute Gasteiger partial charge is 0.282 e. The summed E-state index contributed by atoms with van der Waals surface area (Å²) < 4.78 is 14.4. The standard InChI is InChI=1S/C30H30Br2N4O4/c1-6-39-25-13-19(23(32)15-26(25)40-17-27(37)34-21-10-7-18(2)8-11-21)16-33-36-28(38)22-14-20(31)9-12-24(22)35-29(36)30(3,4)5/h7-16H,6,17H2,1-5H3,(H,34,37). The molecule has 208 valence electrons. The van der Waals surface area contributed by atoms with E-state index in [4.69, 9.17) is 14.5 Å². The van der Waals surface area contributed by atoms with Gasteiger partial charge in [-0.05, 0) is 72.2 Å². The van der Waals surface area contributed by atoms with Crippen molar-refractivity contribution in [1.82, 2.24) is 9.66 Å². The van der Waals surface area contributed by atoms with Gasteiger partial charge in [0.25, 0.3) is 11.5 Å². The van der Waals surface area contributed by atoms with E-state index in [-0.39, 0.29) is 18.1 Å². The van der Waals surface area contributed by atoms with E-state index < -0.39 is 5.41 Å². The van der Waals surface area contributed by atoms with E-state index in [1.165, 1.54) is 4.68 Å². The second kappa shape index (κ2) is 12.3. The number of amides is 1. The SMILES string of the molecule is CCOc1cc(C=Nn2c(C(C)(C)C)nc3ccc(Br)cc3c2=O)c(Br)cc1OCC(=O)Nc1ccc(C)cc1. The molecule has 1 N–H and O–H groups in total. The Balaban J connectivity index is 1.63. The molecule has 1 amide bonds. The van der Waals surface area contributed by atoms with Crippen LogP contribution in [0, 0.1) is 6.92 Å². The highest BCUT2D eigenvalue weighted by atomic mass is 79.9. The van der Waals surface area contributed by atoms with Gasteiger partial charge in [-0.1, -0.05) is 54.4 Å². The van der Waals surface area contributed by atoms with Gasteiger partial charge in [0, 0.05) is 25.6 Å². The summed E-state index contributed by atoms with van der Waals surface area (Å²) in [4.78, 5) is 30.7. The minimum atomic E-state index is -0.442. The molecule has 0 aliphatic carbocycles. The fourth-order valence-corrected chi connectivity index (χ4v) is 4.66. The van der Waals surface area contributed by atoms with E-state index in [1.54, 1.807) is 24.4 Å². The molecule has 0 saturated heterocycles. The lowest BCUT2D eigenvalue weighted by Gasteiger charge is -2.21. The lowest BCUT2D eigenvalue weighted by molar-refractivity contribution is -0.118. The first kappa shape index (κ1) is 29.5. The topological polar surface area (TPSA) is 94.8 Å². The highest BCUT2D eigenvalue weighted by Gasteiger charge is 2.23. The van der Waals surface area contributed by atoms with Crippen molar-refractivity contribution in [2.45, 2.75) is 40.0 Å². The number of anilines is 1. The van der Waals surface area contributed by atoms with E-state index in [1.807, 2.05) is 71.0 Å². The Morgan fingerprint density at radius 3 is 2.42 bits per heavy atom. The Morgan fingerprint density at radius 1 is 1.05 bits per heavy atom. The second-order valence-corrected chi connectivity index (χ2v) is 11.9. The Bertz CT molecular complexity index is 1640. The van der Waals surface area contributed by atoms with Crippen LogP contribution in [-0.4, -0.2) is 35.0 Å². The number of nitrogens with zero attached hydrogens (tertiary/aromatic N) is 3. The summed E-state index contributed by atoms with van der Waals surface area (Å²) >= 11 is 7.00. The van der Waals surface area contributed by atoms with Crippen LogP contribution >= 0.6 is 31.9 Å². The van der Waals surface area contributed by atoms with Crippen LogP contribution < -0.4 is 20.3 Å². The molecule has 0 radical (unpaired) electrons. The molecule has 0 saturated carbocycles. The third-order valence-corrected chi connectivity index (χ3v) is 7.03. The minimum absolute atomic E-state index is 0.198. The van der Waals surface area contributed by atoms with Crippen LogP contribution in [0.5, 0.6) is 11.5 Å². The quantitative estimate of drug-likeness (QED) is 0.208. The van der Waals surface area contributed by atoms with Gasteiger partial charge >= 0.3 is 0 Å². The van der Waals surface area contributed by atoms with Crippen molar-refractivity contribution >= 4 is 60.6 Å². The molecular weight excluding hydrogens is 640 g/mol. The van der Waals surface area contributed by atoms with Crippen molar-refractivity contribution in [3.63, 3.8) is 0 Å². The molecule has 0 aliphatic rings. The number of hydrogen-bond donors (Lipinski definition) is 1. The van der Waals surface area contributed by atoms with Crippen LogP contribution in [0.2, 0.25) is 0 Å². The van der Waals surface area contributed by atoms with Gasteiger partial charge in [0.05, 0.1) is 23.7 Å². The number of nitrogens with one attached hydrogen (secondary N) is 1. The average molecular weight is 670 g/mol. The molecule has 1 aromatic heterocycles. The molecule has 40 heavy (non-hydrogen) atoms. The van der Waals surface area contributed by atoms with Gasteiger partial charge in [0.15, 0.2) is 18.1 Å². The third-order valence-electron chi connectivity index (χ3n) is 5.85. The summed E-state index contributed by atoms with van der Waals surface area (Å²) in [6.45, 7) is 9.98. The third kappa shape index (κ3) is 6.98. The molecule has 1 heterocycles. The van der Waals surface area contributed by atoms with E-state index >= 15 is 0 Å². The maximum atomic E-state index is 13.5. The zero-order chi connectivity index (χ0) is 29.0. The molecule has 4 rings (SSSR count). The summed E-state index contributed by atoms with van der Waals surface area (Å²) in [7, 11) is 0. The predicted molar refractivity (Wildman–Crippen MR) is 166 cm³/mol. The maximum absolute atomic E-state index is 13.5. The van der Waals surface area contributed by atoms with Gasteiger partial charge in [-0.15, -0.1) is 0 Å². The lowest BCUT2D eigenvalue weighted by atomic mass is 9.95. The van der Waals surface area contributed by atoms with E-state index in [0.29, 0.717) is 50.6 Å². The Hall–Kier alpha value is -3.50. The number of hydrogen-bond acceptors (Lipinski definition) is 6. The van der Waals surface area contributed by atoms with Crippen molar-refractivity contribution in [3.8, 4) is 11.5 Å². The van der Waals surface area contributed by atoms with Crippen LogP contribution in [0.4, 0.5) is 5.69 Å². The molecule has 0 unspecified atom stereocenters. The van der Waals surface area contributed by atoms with Crippen LogP contribution in [0.3, 0.4) is 0 Å². The largest absolute Gasteiger partial charge is 0.490 e. The number of fused-ring (bicyclic) bond motifs is 1. The summed E-state index contributed by atoms with van der Waals surface area (Å²) in [5, 5.41) is 7.83. The molecule has 10 heteroatoms. The van der Waals surface area contributed by atoms with Gasteiger partial charge in [-0.2, -0.15) is 9.78 Å². The fraction of sp³-hybridized carbons (Fsp3) is 0.267. The molecule has 0 bridgehead atoms. The van der Waals surface area contributed by atoms with Gasteiger partial charge in [-0.3, -0.25) is 9.59 Å². The molecule has 4 aromatic rings. The molecule has 0 atom stereocenters.